The second-order valence-corrected chi connectivity index (χ2v) is 5.07. The van der Waals surface area contributed by atoms with E-state index in [0.29, 0.717) is 0 Å². The van der Waals surface area contributed by atoms with E-state index in [9.17, 15) is 0 Å². The maximum absolute atomic E-state index is 5.87. The van der Waals surface area contributed by atoms with E-state index in [2.05, 4.69) is 4.98 Å². The number of hydrogen-bond donors (Lipinski definition) is 0. The highest BCUT2D eigenvalue weighted by Gasteiger charge is 2.19. The molecule has 0 fully saturated rings. The van der Waals surface area contributed by atoms with E-state index in [1.165, 1.54) is 0 Å². The van der Waals surface area contributed by atoms with Gasteiger partial charge in [-0.15, -0.1) is 0 Å². The van der Waals surface area contributed by atoms with Gasteiger partial charge in [-0.3, -0.25) is 0 Å². The van der Waals surface area contributed by atoms with Crippen molar-refractivity contribution >= 4 is 86.2 Å². The van der Waals surface area contributed by atoms with Gasteiger partial charge in [0.05, 0.1) is 20.6 Å². The van der Waals surface area contributed by atoms with Crippen molar-refractivity contribution in [2.75, 3.05) is 0 Å². The smallest absolute Gasteiger partial charge is 0.150 e. The predicted molar refractivity (Wildman–Crippen MR) is 68.8 cm³/mol. The van der Waals surface area contributed by atoms with Gasteiger partial charge in [0.1, 0.15) is 9.64 Å². The molecule has 0 spiro atoms. The molecule has 0 radical (unpaired) electrons. The van der Waals surface area contributed by atoms with E-state index in [4.69, 9.17) is 81.2 Å². The first-order chi connectivity index (χ1) is 6.86. The van der Waals surface area contributed by atoms with Crippen LogP contribution >= 0.6 is 81.2 Å². The van der Waals surface area contributed by atoms with Gasteiger partial charge in [0.2, 0.25) is 0 Å². The molecule has 0 saturated carbocycles. The van der Waals surface area contributed by atoms with Crippen molar-refractivity contribution in [1.82, 2.24) is 4.98 Å². The standard InChI is InChI=1S/C7Cl7N/c8-2-1(3(9)5(11)12)6(13)15-7(14)4(2)10. The SMILES string of the molecule is ClC(Cl)=C(Cl)c1c(Cl)nc(Cl)c(Cl)c1Cl. The molecule has 1 rings (SSSR count). The third-order valence-electron chi connectivity index (χ3n) is 1.38. The molecule has 0 bridgehead atoms. The van der Waals surface area contributed by atoms with Crippen molar-refractivity contribution < 1.29 is 0 Å². The summed E-state index contributed by atoms with van der Waals surface area (Å²) in [4.78, 5) is 3.72. The average molecular weight is 346 g/mol. The summed E-state index contributed by atoms with van der Waals surface area (Å²) in [5.41, 5.74) is 0.148. The molecule has 0 aliphatic rings. The number of aromatic nitrogens is 1. The van der Waals surface area contributed by atoms with Crippen molar-refractivity contribution in [1.29, 1.82) is 0 Å². The van der Waals surface area contributed by atoms with Gasteiger partial charge >= 0.3 is 0 Å². The molecule has 82 valence electrons. The van der Waals surface area contributed by atoms with Crippen molar-refractivity contribution in [3.63, 3.8) is 0 Å². The first-order valence-electron chi connectivity index (χ1n) is 3.27. The van der Waals surface area contributed by atoms with Gasteiger partial charge in [-0.05, 0) is 0 Å². The fraction of sp³-hybridized carbons (Fsp3) is 0. The molecule has 0 N–H and O–H groups in total. The van der Waals surface area contributed by atoms with Crippen LogP contribution in [-0.4, -0.2) is 4.98 Å². The molecule has 15 heavy (non-hydrogen) atoms. The van der Waals surface area contributed by atoms with Gasteiger partial charge in [-0.1, -0.05) is 81.2 Å². The second kappa shape index (κ2) is 5.50. The summed E-state index contributed by atoms with van der Waals surface area (Å²) in [5.74, 6) is 0. The van der Waals surface area contributed by atoms with Crippen LogP contribution in [0.25, 0.3) is 5.03 Å². The lowest BCUT2D eigenvalue weighted by atomic mass is 10.3. The molecular weight excluding hydrogens is 346 g/mol. The summed E-state index contributed by atoms with van der Waals surface area (Å²) >= 11 is 39.8. The molecule has 0 unspecified atom stereocenters. The molecule has 0 aliphatic heterocycles. The van der Waals surface area contributed by atoms with Crippen molar-refractivity contribution in [3.05, 3.63) is 30.4 Å². The van der Waals surface area contributed by atoms with Gasteiger partial charge in [-0.25, -0.2) is 4.98 Å². The molecule has 1 aromatic rings. The van der Waals surface area contributed by atoms with Crippen LogP contribution in [0, 0.1) is 0 Å². The van der Waals surface area contributed by atoms with Crippen LogP contribution in [0.15, 0.2) is 4.49 Å². The summed E-state index contributed by atoms with van der Waals surface area (Å²) in [5, 5.41) is -0.0147. The van der Waals surface area contributed by atoms with E-state index in [1.54, 1.807) is 0 Å². The van der Waals surface area contributed by atoms with Gasteiger partial charge in [0.15, 0.2) is 5.15 Å². The number of hydrogen-bond acceptors (Lipinski definition) is 1. The van der Waals surface area contributed by atoms with E-state index in [0.717, 1.165) is 0 Å². The monoisotopic (exact) mass is 343 g/mol. The molecular formula is C7Cl7N. The zero-order valence-corrected chi connectivity index (χ0v) is 11.9. The number of nitrogens with zero attached hydrogens (tertiary/aromatic N) is 1. The third kappa shape index (κ3) is 2.98. The van der Waals surface area contributed by atoms with Crippen molar-refractivity contribution in [2.45, 2.75) is 0 Å². The lowest BCUT2D eigenvalue weighted by Crippen LogP contribution is -1.90. The fourth-order valence-corrected chi connectivity index (χ4v) is 2.24. The van der Waals surface area contributed by atoms with Crippen LogP contribution in [0.5, 0.6) is 0 Å². The molecule has 1 nitrogen and oxygen atoms in total. The van der Waals surface area contributed by atoms with E-state index < -0.39 is 0 Å². The maximum atomic E-state index is 5.87. The van der Waals surface area contributed by atoms with Crippen molar-refractivity contribution in [2.24, 2.45) is 0 Å². The lowest BCUT2D eigenvalue weighted by molar-refractivity contribution is 1.31. The van der Waals surface area contributed by atoms with Crippen LogP contribution in [0.2, 0.25) is 20.4 Å². The summed E-state index contributed by atoms with van der Waals surface area (Å²) < 4.78 is -0.194. The zero-order valence-electron chi connectivity index (χ0n) is 6.59. The van der Waals surface area contributed by atoms with Crippen molar-refractivity contribution in [3.8, 4) is 0 Å². The van der Waals surface area contributed by atoms with Crippen LogP contribution in [0.1, 0.15) is 5.56 Å². The molecule has 0 atom stereocenters. The molecule has 0 saturated heterocycles. The second-order valence-electron chi connectivity index (χ2n) is 2.27. The minimum atomic E-state index is -0.194. The number of halogens is 7. The maximum Gasteiger partial charge on any atom is 0.150 e. The Morgan fingerprint density at radius 3 is 1.80 bits per heavy atom. The third-order valence-corrected chi connectivity index (χ3v) is 3.82. The van der Waals surface area contributed by atoms with E-state index in [1.807, 2.05) is 0 Å². The Bertz CT molecular complexity index is 435. The number of pyridine rings is 1. The highest BCUT2D eigenvalue weighted by molar-refractivity contribution is 6.68. The fourth-order valence-electron chi connectivity index (χ4n) is 0.763. The Morgan fingerprint density at radius 2 is 1.33 bits per heavy atom. The molecule has 0 aliphatic carbocycles. The van der Waals surface area contributed by atoms with Gasteiger partial charge in [0, 0.05) is 0 Å². The van der Waals surface area contributed by atoms with Gasteiger partial charge in [-0.2, -0.15) is 0 Å². The van der Waals surface area contributed by atoms with Crippen LogP contribution < -0.4 is 0 Å². The Morgan fingerprint density at radius 1 is 0.800 bits per heavy atom. The Labute approximate surface area is 121 Å². The first-order valence-corrected chi connectivity index (χ1v) is 5.92. The summed E-state index contributed by atoms with van der Waals surface area (Å²) in [6.45, 7) is 0. The minimum absolute atomic E-state index is 0.0226. The minimum Gasteiger partial charge on any atom is -0.222 e. The van der Waals surface area contributed by atoms with E-state index >= 15 is 0 Å². The Balaban J connectivity index is 3.57. The largest absolute Gasteiger partial charge is 0.222 e. The molecule has 0 aromatic carbocycles. The molecule has 8 heteroatoms. The van der Waals surface area contributed by atoms with Crippen LogP contribution in [0.3, 0.4) is 0 Å². The van der Waals surface area contributed by atoms with Crippen LogP contribution in [-0.2, 0) is 0 Å². The Kier molecular flexibility index (Phi) is 5.13. The summed E-state index contributed by atoms with van der Waals surface area (Å²) in [6.07, 6.45) is 0. The molecule has 1 aromatic heterocycles. The van der Waals surface area contributed by atoms with Crippen LogP contribution in [0.4, 0.5) is 0 Å². The molecule has 1 heterocycles. The highest BCUT2D eigenvalue weighted by Crippen LogP contribution is 2.42. The quantitative estimate of drug-likeness (QED) is 0.565. The topological polar surface area (TPSA) is 12.9 Å². The van der Waals surface area contributed by atoms with E-state index in [-0.39, 0.29) is 35.4 Å². The average Bonchev–Trinajstić information content (AvgIpc) is 2.14. The summed E-state index contributed by atoms with van der Waals surface area (Å²) in [6, 6.07) is 0. The molecule has 0 amide bonds. The van der Waals surface area contributed by atoms with Gasteiger partial charge < -0.3 is 0 Å². The summed E-state index contributed by atoms with van der Waals surface area (Å²) in [7, 11) is 0. The Hall–Kier alpha value is 0.920. The lowest BCUT2D eigenvalue weighted by Gasteiger charge is -2.07. The normalized spacial score (nSPS) is 10.3. The highest BCUT2D eigenvalue weighted by atomic mass is 35.5. The first kappa shape index (κ1) is 14.0. The van der Waals surface area contributed by atoms with Gasteiger partial charge in [0.25, 0.3) is 0 Å². The predicted octanol–water partition coefficient (Wildman–Crippen LogP) is 6.04. The zero-order chi connectivity index (χ0) is 11.7. The number of rotatable bonds is 1.